The van der Waals surface area contributed by atoms with Crippen LogP contribution < -0.4 is 4.90 Å². The Hall–Kier alpha value is -2.06. The molecule has 2 heteroatoms. The lowest BCUT2D eigenvalue weighted by molar-refractivity contribution is 0.330. The predicted octanol–water partition coefficient (Wildman–Crippen LogP) is 8.43. The van der Waals surface area contributed by atoms with Crippen LogP contribution in [0.2, 0.25) is 0 Å². The molecule has 0 N–H and O–H groups in total. The van der Waals surface area contributed by atoms with E-state index < -0.39 is 0 Å². The van der Waals surface area contributed by atoms with Crippen molar-refractivity contribution in [2.75, 3.05) is 38.6 Å². The first kappa shape index (κ1) is 30.0. The van der Waals surface area contributed by atoms with E-state index in [1.807, 2.05) is 27.7 Å². The molecule has 2 aromatic rings. The van der Waals surface area contributed by atoms with Crippen LogP contribution in [0.4, 0.5) is 5.69 Å². The lowest BCUT2D eigenvalue weighted by atomic mass is 9.94. The number of likely N-dealkylation sites (N-methyl/N-ethyl adjacent to an activating group) is 2. The molecule has 0 unspecified atom stereocenters. The second kappa shape index (κ2) is 17.4. The fraction of sp³-hybridized carbons (Fsp3) is 0.562. The van der Waals surface area contributed by atoms with Crippen LogP contribution in [0.3, 0.4) is 0 Å². The molecule has 0 saturated carbocycles. The van der Waals surface area contributed by atoms with Gasteiger partial charge in [-0.15, -0.1) is 0 Å². The number of aryl methyl sites for hydroxylation is 1. The van der Waals surface area contributed by atoms with Crippen molar-refractivity contribution in [3.8, 4) is 0 Å². The fourth-order valence-corrected chi connectivity index (χ4v) is 4.54. The third-order valence-corrected chi connectivity index (χ3v) is 6.47. The van der Waals surface area contributed by atoms with Gasteiger partial charge in [0.1, 0.15) is 0 Å². The zero-order valence-electron chi connectivity index (χ0n) is 23.4. The average Bonchev–Trinajstić information content (AvgIpc) is 3.27. The Morgan fingerprint density at radius 3 is 2.32 bits per heavy atom. The highest BCUT2D eigenvalue weighted by molar-refractivity contribution is 5.72. The molecule has 1 aliphatic rings. The minimum Gasteiger partial charge on any atom is -0.374 e. The normalized spacial score (nSPS) is 11.9. The van der Waals surface area contributed by atoms with Crippen molar-refractivity contribution in [3.63, 3.8) is 0 Å². The molecule has 0 aliphatic carbocycles. The summed E-state index contributed by atoms with van der Waals surface area (Å²) in [7, 11) is 4.48. The minimum atomic E-state index is 1.11. The largest absolute Gasteiger partial charge is 0.374 e. The Labute approximate surface area is 212 Å². The summed E-state index contributed by atoms with van der Waals surface area (Å²) < 4.78 is 0. The highest BCUT2D eigenvalue weighted by Gasteiger charge is 2.20. The van der Waals surface area contributed by atoms with E-state index in [1.54, 1.807) is 0 Å². The molecule has 2 aromatic carbocycles. The summed E-state index contributed by atoms with van der Waals surface area (Å²) >= 11 is 0. The van der Waals surface area contributed by atoms with Crippen molar-refractivity contribution in [1.29, 1.82) is 0 Å². The van der Waals surface area contributed by atoms with Crippen LogP contribution in [0, 0.1) is 0 Å². The number of fused-ring (bicyclic) bond motifs is 1. The number of hydrogen-bond acceptors (Lipinski definition) is 2. The lowest BCUT2D eigenvalue weighted by Gasteiger charge is -2.19. The van der Waals surface area contributed by atoms with Crippen molar-refractivity contribution in [3.05, 3.63) is 71.3 Å². The summed E-state index contributed by atoms with van der Waals surface area (Å²) in [5.74, 6) is 0. The standard InChI is InChI=1S/C28H40N2.2C2H6/c1-5-6-15-25-21-27(22-26-17-20-30(4)28(25)26)23(2)12-10-11-18-29(3)19-16-24-13-8-7-9-14-24;2*1-2/h7-9,13-14,21-22H,2,5-6,10-12,15-20H2,1,3-4H3;2*1-2H3. The van der Waals surface area contributed by atoms with Gasteiger partial charge in [0.05, 0.1) is 0 Å². The molecule has 0 bridgehead atoms. The summed E-state index contributed by atoms with van der Waals surface area (Å²) in [6, 6.07) is 15.7. The number of benzene rings is 2. The minimum absolute atomic E-state index is 1.11. The number of rotatable bonds is 12. The number of allylic oxidation sites excluding steroid dienone is 1. The van der Waals surface area contributed by atoms with E-state index in [0.717, 1.165) is 32.5 Å². The summed E-state index contributed by atoms with van der Waals surface area (Å²) in [6.07, 6.45) is 9.58. The molecular weight excluding hydrogens is 412 g/mol. The third-order valence-electron chi connectivity index (χ3n) is 6.47. The van der Waals surface area contributed by atoms with Gasteiger partial charge in [-0.1, -0.05) is 78.0 Å². The Morgan fingerprint density at radius 1 is 0.941 bits per heavy atom. The van der Waals surface area contributed by atoms with Crippen LogP contribution >= 0.6 is 0 Å². The quantitative estimate of drug-likeness (QED) is 0.291. The van der Waals surface area contributed by atoms with E-state index in [0.29, 0.717) is 0 Å². The Bertz CT molecular complexity index is 809. The Balaban J connectivity index is 0.00000137. The van der Waals surface area contributed by atoms with Gasteiger partial charge in [-0.2, -0.15) is 0 Å². The highest BCUT2D eigenvalue weighted by atomic mass is 15.1. The molecule has 3 rings (SSSR count). The van der Waals surface area contributed by atoms with Gasteiger partial charge in [-0.05, 0) is 98.5 Å². The van der Waals surface area contributed by atoms with E-state index >= 15 is 0 Å². The van der Waals surface area contributed by atoms with Crippen molar-refractivity contribution in [1.82, 2.24) is 4.90 Å². The van der Waals surface area contributed by atoms with Gasteiger partial charge in [0.15, 0.2) is 0 Å². The van der Waals surface area contributed by atoms with Crippen LogP contribution in [0.25, 0.3) is 5.57 Å². The topological polar surface area (TPSA) is 6.48 Å². The monoisotopic (exact) mass is 464 g/mol. The number of unbranched alkanes of at least 4 members (excludes halogenated alkanes) is 2. The molecule has 0 atom stereocenters. The summed E-state index contributed by atoms with van der Waals surface area (Å²) in [4.78, 5) is 4.90. The molecule has 0 saturated heterocycles. The van der Waals surface area contributed by atoms with Crippen molar-refractivity contribution >= 4 is 11.3 Å². The molecule has 1 aliphatic heterocycles. The molecule has 0 amide bonds. The second-order valence-corrected chi connectivity index (χ2v) is 9.02. The first-order chi connectivity index (χ1) is 16.6. The number of anilines is 1. The van der Waals surface area contributed by atoms with Crippen LogP contribution in [0.5, 0.6) is 0 Å². The van der Waals surface area contributed by atoms with Crippen molar-refractivity contribution in [2.45, 2.75) is 86.0 Å². The van der Waals surface area contributed by atoms with Crippen molar-refractivity contribution in [2.24, 2.45) is 0 Å². The van der Waals surface area contributed by atoms with Crippen LogP contribution in [0.15, 0.2) is 49.0 Å². The molecule has 2 nitrogen and oxygen atoms in total. The Morgan fingerprint density at radius 2 is 1.65 bits per heavy atom. The molecule has 190 valence electrons. The fourth-order valence-electron chi connectivity index (χ4n) is 4.54. The molecule has 0 spiro atoms. The van der Waals surface area contributed by atoms with E-state index in [1.165, 1.54) is 72.0 Å². The second-order valence-electron chi connectivity index (χ2n) is 9.02. The first-order valence-corrected chi connectivity index (χ1v) is 13.9. The van der Waals surface area contributed by atoms with Gasteiger partial charge in [0, 0.05) is 25.8 Å². The van der Waals surface area contributed by atoms with Gasteiger partial charge in [-0.25, -0.2) is 0 Å². The van der Waals surface area contributed by atoms with Crippen LogP contribution in [0.1, 0.15) is 89.0 Å². The number of hydrogen-bond donors (Lipinski definition) is 0. The van der Waals surface area contributed by atoms with E-state index in [4.69, 9.17) is 0 Å². The average molecular weight is 465 g/mol. The van der Waals surface area contributed by atoms with Gasteiger partial charge < -0.3 is 9.80 Å². The SMILES string of the molecule is C=C(CCCCN(C)CCc1ccccc1)c1cc(CCCC)c2c(c1)CCN2C.CC.CC. The van der Waals surface area contributed by atoms with E-state index in [9.17, 15) is 0 Å². The number of nitrogens with zero attached hydrogens (tertiary/aromatic N) is 2. The van der Waals surface area contributed by atoms with E-state index in [2.05, 4.69) is 79.9 Å². The first-order valence-electron chi connectivity index (χ1n) is 13.9. The lowest BCUT2D eigenvalue weighted by Crippen LogP contribution is -2.22. The molecule has 0 radical (unpaired) electrons. The maximum atomic E-state index is 4.46. The third kappa shape index (κ3) is 9.66. The maximum absolute atomic E-state index is 4.46. The van der Waals surface area contributed by atoms with Gasteiger partial charge in [0.2, 0.25) is 0 Å². The van der Waals surface area contributed by atoms with Crippen molar-refractivity contribution < 1.29 is 0 Å². The summed E-state index contributed by atoms with van der Waals surface area (Å²) in [5.41, 5.74) is 8.69. The van der Waals surface area contributed by atoms with Crippen LogP contribution in [-0.2, 0) is 19.3 Å². The molecule has 1 heterocycles. The summed E-state index contributed by atoms with van der Waals surface area (Å²) in [6.45, 7) is 18.2. The Kier molecular flexibility index (Phi) is 15.3. The predicted molar refractivity (Wildman–Crippen MR) is 155 cm³/mol. The van der Waals surface area contributed by atoms with Crippen LogP contribution in [-0.4, -0.2) is 38.6 Å². The highest BCUT2D eigenvalue weighted by Crippen LogP contribution is 2.35. The molecule has 0 aromatic heterocycles. The summed E-state index contributed by atoms with van der Waals surface area (Å²) in [5, 5.41) is 0. The van der Waals surface area contributed by atoms with Gasteiger partial charge in [-0.3, -0.25) is 0 Å². The van der Waals surface area contributed by atoms with E-state index in [-0.39, 0.29) is 0 Å². The molecule has 34 heavy (non-hydrogen) atoms. The maximum Gasteiger partial charge on any atom is 0.0429 e. The smallest absolute Gasteiger partial charge is 0.0429 e. The molecular formula is C32H52N2. The zero-order chi connectivity index (χ0) is 25.3. The van der Waals surface area contributed by atoms with Gasteiger partial charge in [0.25, 0.3) is 0 Å². The van der Waals surface area contributed by atoms with Gasteiger partial charge >= 0.3 is 0 Å². The zero-order valence-corrected chi connectivity index (χ0v) is 23.4. The molecule has 0 fully saturated rings.